The summed E-state index contributed by atoms with van der Waals surface area (Å²) >= 11 is 0. The fourth-order valence-electron chi connectivity index (χ4n) is 1.06. The van der Waals surface area contributed by atoms with Crippen molar-refractivity contribution in [2.24, 2.45) is 0 Å². The number of carbonyl (C=O) groups is 1. The minimum absolute atomic E-state index is 0.0683. The molecule has 1 aromatic rings. The zero-order valence-corrected chi connectivity index (χ0v) is 7.30. The minimum atomic E-state index is -1.26. The van der Waals surface area contributed by atoms with Crippen molar-refractivity contribution in [3.63, 3.8) is 0 Å². The fraction of sp³-hybridized carbons (Fsp3) is 0.200. The summed E-state index contributed by atoms with van der Waals surface area (Å²) < 4.78 is 0. The highest BCUT2D eigenvalue weighted by Gasteiger charge is 2.06. The maximum absolute atomic E-state index is 10.3. The summed E-state index contributed by atoms with van der Waals surface area (Å²) in [4.78, 5) is 20.4. The van der Waals surface area contributed by atoms with Crippen LogP contribution in [0.3, 0.4) is 0 Å². The molecule has 0 bridgehead atoms. The van der Waals surface area contributed by atoms with E-state index in [0.717, 1.165) is 0 Å². The molecule has 0 aromatic heterocycles. The van der Waals surface area contributed by atoms with Gasteiger partial charge in [-0.3, -0.25) is 9.59 Å². The van der Waals surface area contributed by atoms with Gasteiger partial charge in [-0.2, -0.15) is 0 Å². The van der Waals surface area contributed by atoms with E-state index in [0.29, 0.717) is 11.1 Å². The van der Waals surface area contributed by atoms with E-state index in [9.17, 15) is 9.59 Å². The van der Waals surface area contributed by atoms with Crippen LogP contribution >= 0.6 is 0 Å². The van der Waals surface area contributed by atoms with Crippen LogP contribution in [-0.4, -0.2) is 22.5 Å². The molecule has 0 saturated heterocycles. The van der Waals surface area contributed by atoms with Crippen LogP contribution in [-0.2, 0) is 16.0 Å². The quantitative estimate of drug-likeness (QED) is 0.728. The van der Waals surface area contributed by atoms with Gasteiger partial charge in [-0.1, -0.05) is 24.3 Å². The van der Waals surface area contributed by atoms with E-state index in [4.69, 9.17) is 10.2 Å². The van der Waals surface area contributed by atoms with Gasteiger partial charge in [0.15, 0.2) is 0 Å². The first-order chi connectivity index (χ1) is 6.63. The molecule has 4 nitrogen and oxygen atoms in total. The maximum atomic E-state index is 10.3. The number of carbonyl (C=O) groups excluding carboxylic acids is 1. The van der Waals surface area contributed by atoms with Gasteiger partial charge >= 0.3 is 5.97 Å². The Hall–Kier alpha value is -1.68. The Morgan fingerprint density at radius 3 is 2.36 bits per heavy atom. The van der Waals surface area contributed by atoms with Crippen molar-refractivity contribution in [3.8, 4) is 0 Å². The number of aliphatic hydroxyl groups excluding tert-OH is 1. The largest absolute Gasteiger partial charge is 0.481 e. The van der Waals surface area contributed by atoms with Gasteiger partial charge in [0.25, 0.3) is 0 Å². The van der Waals surface area contributed by atoms with Crippen LogP contribution in [0.25, 0.3) is 0 Å². The van der Waals surface area contributed by atoms with Crippen LogP contribution in [0.5, 0.6) is 0 Å². The van der Waals surface area contributed by atoms with Crippen molar-refractivity contribution in [2.45, 2.75) is 12.5 Å². The first-order valence-corrected chi connectivity index (χ1v) is 4.00. The lowest BCUT2D eigenvalue weighted by molar-refractivity contribution is -0.136. The van der Waals surface area contributed by atoms with Gasteiger partial charge in [-0.05, 0) is 11.1 Å². The second kappa shape index (κ2) is 4.53. The smallest absolute Gasteiger partial charge is 0.307 e. The topological polar surface area (TPSA) is 74.6 Å². The zero-order chi connectivity index (χ0) is 10.6. The average Bonchev–Trinajstić information content (AvgIpc) is 2.17. The van der Waals surface area contributed by atoms with Gasteiger partial charge in [-0.15, -0.1) is 0 Å². The molecule has 4 heteroatoms. The number of carboxylic acids is 1. The van der Waals surface area contributed by atoms with Crippen LogP contribution in [0, 0.1) is 0 Å². The molecule has 14 heavy (non-hydrogen) atoms. The summed E-state index contributed by atoms with van der Waals surface area (Å²) in [7, 11) is 0. The van der Waals surface area contributed by atoms with E-state index < -0.39 is 12.1 Å². The van der Waals surface area contributed by atoms with Gasteiger partial charge < -0.3 is 10.2 Å². The van der Waals surface area contributed by atoms with Crippen molar-refractivity contribution >= 4 is 12.3 Å². The molecule has 0 fully saturated rings. The molecule has 0 saturated carbocycles. The van der Waals surface area contributed by atoms with Gasteiger partial charge in [0.1, 0.15) is 6.10 Å². The zero-order valence-electron chi connectivity index (χ0n) is 7.30. The first-order valence-electron chi connectivity index (χ1n) is 4.00. The average molecular weight is 193 g/mol. The van der Waals surface area contributed by atoms with Crippen LogP contribution in [0.2, 0.25) is 0 Å². The lowest BCUT2D eigenvalue weighted by Crippen LogP contribution is -2.01. The van der Waals surface area contributed by atoms with Gasteiger partial charge in [-0.25, -0.2) is 0 Å². The molecule has 1 radical (unpaired) electrons. The number of hydrogen-bond donors (Lipinski definition) is 2. The highest BCUT2D eigenvalue weighted by molar-refractivity contribution is 5.70. The van der Waals surface area contributed by atoms with E-state index in [1.165, 1.54) is 18.4 Å². The third-order valence-electron chi connectivity index (χ3n) is 1.76. The normalized spacial score (nSPS) is 12.1. The summed E-state index contributed by atoms with van der Waals surface area (Å²) in [6, 6.07) is 6.13. The molecule has 0 spiro atoms. The summed E-state index contributed by atoms with van der Waals surface area (Å²) in [6.45, 7) is 0. The Kier molecular flexibility index (Phi) is 3.36. The molecule has 2 N–H and O–H groups in total. The SMILES string of the molecule is O=[C]C(O)c1ccc(CC(=O)O)cc1. The molecule has 0 aliphatic heterocycles. The standard InChI is InChI=1S/C10H9O4/c11-6-9(12)8-3-1-7(2-4-8)5-10(13)14/h1-4,9,12H,5H2,(H,13,14). The summed E-state index contributed by atoms with van der Waals surface area (Å²) in [5.41, 5.74) is 1.04. The Morgan fingerprint density at radius 1 is 1.36 bits per heavy atom. The third kappa shape index (κ3) is 2.67. The predicted molar refractivity (Wildman–Crippen MR) is 48.4 cm³/mol. The molecule has 1 atom stereocenters. The highest BCUT2D eigenvalue weighted by Crippen LogP contribution is 2.11. The Morgan fingerprint density at radius 2 is 1.93 bits per heavy atom. The second-order valence-corrected chi connectivity index (χ2v) is 2.83. The molecule has 1 unspecified atom stereocenters. The Balaban J connectivity index is 2.78. The summed E-state index contributed by atoms with van der Waals surface area (Å²) in [5, 5.41) is 17.5. The van der Waals surface area contributed by atoms with Gasteiger partial charge in [0, 0.05) is 0 Å². The Bertz CT molecular complexity index is 328. The molecule has 1 rings (SSSR count). The molecular formula is C10H9O4. The molecule has 73 valence electrons. The van der Waals surface area contributed by atoms with Crippen LogP contribution in [0.4, 0.5) is 0 Å². The highest BCUT2D eigenvalue weighted by atomic mass is 16.4. The van der Waals surface area contributed by atoms with E-state index in [1.54, 1.807) is 12.1 Å². The number of aliphatic carboxylic acids is 1. The molecule has 0 aliphatic rings. The van der Waals surface area contributed by atoms with E-state index in [1.807, 2.05) is 0 Å². The fourth-order valence-corrected chi connectivity index (χ4v) is 1.06. The molecule has 1 aromatic carbocycles. The summed E-state index contributed by atoms with van der Waals surface area (Å²) in [5.74, 6) is -0.916. The Labute approximate surface area is 80.8 Å². The number of benzene rings is 1. The summed E-state index contributed by atoms with van der Waals surface area (Å²) in [6.07, 6.45) is 0.107. The van der Waals surface area contributed by atoms with Crippen molar-refractivity contribution in [1.29, 1.82) is 0 Å². The van der Waals surface area contributed by atoms with Crippen molar-refractivity contribution in [3.05, 3.63) is 35.4 Å². The number of hydrogen-bond acceptors (Lipinski definition) is 3. The number of rotatable bonds is 4. The molecular weight excluding hydrogens is 184 g/mol. The number of carboxylic acid groups (broad SMARTS) is 1. The van der Waals surface area contributed by atoms with Crippen molar-refractivity contribution < 1.29 is 19.8 Å². The van der Waals surface area contributed by atoms with Crippen LogP contribution in [0.1, 0.15) is 17.2 Å². The number of aliphatic hydroxyl groups is 1. The predicted octanol–water partition coefficient (Wildman–Crippen LogP) is 0.457. The maximum Gasteiger partial charge on any atom is 0.307 e. The lowest BCUT2D eigenvalue weighted by atomic mass is 10.1. The lowest BCUT2D eigenvalue weighted by Gasteiger charge is -2.03. The van der Waals surface area contributed by atoms with Crippen molar-refractivity contribution in [1.82, 2.24) is 0 Å². The second-order valence-electron chi connectivity index (χ2n) is 2.83. The first kappa shape index (κ1) is 10.4. The van der Waals surface area contributed by atoms with Crippen molar-refractivity contribution in [2.75, 3.05) is 0 Å². The van der Waals surface area contributed by atoms with E-state index >= 15 is 0 Å². The van der Waals surface area contributed by atoms with E-state index in [2.05, 4.69) is 0 Å². The van der Waals surface area contributed by atoms with Crippen LogP contribution < -0.4 is 0 Å². The molecule has 0 aliphatic carbocycles. The van der Waals surface area contributed by atoms with Gasteiger partial charge in [0.05, 0.1) is 6.42 Å². The third-order valence-corrected chi connectivity index (χ3v) is 1.76. The molecule has 0 heterocycles. The van der Waals surface area contributed by atoms with Gasteiger partial charge in [0.2, 0.25) is 6.29 Å². The van der Waals surface area contributed by atoms with E-state index in [-0.39, 0.29) is 6.42 Å². The molecule has 0 amide bonds. The minimum Gasteiger partial charge on any atom is -0.481 e. The monoisotopic (exact) mass is 193 g/mol. The van der Waals surface area contributed by atoms with Crippen LogP contribution in [0.15, 0.2) is 24.3 Å².